The van der Waals surface area contributed by atoms with Crippen molar-refractivity contribution in [2.75, 3.05) is 5.32 Å². The maximum atomic E-state index is 12.6. The molecule has 2 fully saturated rings. The van der Waals surface area contributed by atoms with Crippen LogP contribution < -0.4 is 10.6 Å². The number of rotatable bonds is 3. The van der Waals surface area contributed by atoms with Crippen molar-refractivity contribution in [2.24, 2.45) is 0 Å². The van der Waals surface area contributed by atoms with E-state index in [0.717, 1.165) is 0 Å². The summed E-state index contributed by atoms with van der Waals surface area (Å²) in [6, 6.07) is 7.86. The molecule has 4 rings (SSSR count). The van der Waals surface area contributed by atoms with Crippen LogP contribution in [0.3, 0.4) is 0 Å². The van der Waals surface area contributed by atoms with E-state index in [-0.39, 0.29) is 22.1 Å². The molecule has 2 aromatic rings. The number of amides is 3. The number of nitrogens with one attached hydrogen (secondary N) is 3. The number of β-lactam (4-membered cyclic amide) rings is 1. The highest BCUT2D eigenvalue weighted by molar-refractivity contribution is 8.01. The van der Waals surface area contributed by atoms with Crippen LogP contribution in [-0.4, -0.2) is 53.6 Å². The Balaban J connectivity index is 1.46. The van der Waals surface area contributed by atoms with Gasteiger partial charge in [-0.05, 0) is 26.0 Å². The number of fused-ring (bicyclic) bond motifs is 1. The van der Waals surface area contributed by atoms with Gasteiger partial charge in [-0.25, -0.2) is 4.79 Å². The van der Waals surface area contributed by atoms with Gasteiger partial charge in [0.15, 0.2) is 5.82 Å². The van der Waals surface area contributed by atoms with Crippen molar-refractivity contribution in [1.82, 2.24) is 30.8 Å². The second-order valence-electron chi connectivity index (χ2n) is 6.47. The number of carbonyl (C=O) groups is 2. The van der Waals surface area contributed by atoms with Crippen LogP contribution in [0.1, 0.15) is 25.7 Å². The van der Waals surface area contributed by atoms with Gasteiger partial charge >= 0.3 is 6.03 Å². The molecule has 2 aliphatic heterocycles. The molecule has 0 saturated carbocycles. The zero-order valence-corrected chi connectivity index (χ0v) is 14.4. The van der Waals surface area contributed by atoms with Gasteiger partial charge in [0.1, 0.15) is 17.5 Å². The summed E-state index contributed by atoms with van der Waals surface area (Å²) in [6.45, 7) is 4.07. The molecule has 0 spiro atoms. The Hall–Kier alpha value is -2.62. The first-order chi connectivity index (χ1) is 12.0. The molecule has 1 aromatic heterocycles. The van der Waals surface area contributed by atoms with E-state index in [2.05, 4.69) is 31.3 Å². The van der Waals surface area contributed by atoms with Gasteiger partial charge in [0.25, 0.3) is 0 Å². The number of thioether (sulfide) groups is 1. The van der Waals surface area contributed by atoms with Crippen LogP contribution in [0.5, 0.6) is 0 Å². The van der Waals surface area contributed by atoms with Gasteiger partial charge < -0.3 is 15.5 Å². The molecule has 9 nitrogen and oxygen atoms in total. The van der Waals surface area contributed by atoms with Crippen LogP contribution in [0, 0.1) is 0 Å². The molecule has 3 N–H and O–H groups in total. The van der Waals surface area contributed by atoms with Gasteiger partial charge in [-0.3, -0.25) is 4.79 Å². The number of carbonyl (C=O) groups excluding carboxylic acids is 2. The Morgan fingerprint density at radius 2 is 2.08 bits per heavy atom. The first-order valence-electron chi connectivity index (χ1n) is 7.83. The van der Waals surface area contributed by atoms with E-state index < -0.39 is 12.1 Å². The van der Waals surface area contributed by atoms with Crippen LogP contribution in [0.25, 0.3) is 0 Å². The fraction of sp³-hybridized carbons (Fsp3) is 0.400. The third kappa shape index (κ3) is 2.62. The summed E-state index contributed by atoms with van der Waals surface area (Å²) in [7, 11) is 0. The molecule has 3 atom stereocenters. The molecule has 3 heterocycles. The number of aromatic amines is 1. The van der Waals surface area contributed by atoms with Gasteiger partial charge in [-0.15, -0.1) is 22.0 Å². The maximum absolute atomic E-state index is 12.6. The second-order valence-corrected chi connectivity index (χ2v) is 8.24. The smallest absolute Gasteiger partial charge is 0.319 e. The monoisotopic (exact) mass is 359 g/mol. The lowest BCUT2D eigenvalue weighted by Crippen LogP contribution is -2.68. The largest absolute Gasteiger partial charge is 0.323 e. The van der Waals surface area contributed by atoms with E-state index in [1.807, 2.05) is 32.0 Å². The minimum absolute atomic E-state index is 0.138. The van der Waals surface area contributed by atoms with Crippen molar-refractivity contribution in [1.29, 1.82) is 0 Å². The lowest BCUT2D eigenvalue weighted by molar-refractivity contribution is -0.148. The van der Waals surface area contributed by atoms with Crippen molar-refractivity contribution < 1.29 is 9.59 Å². The number of nitrogens with zero attached hydrogens (tertiary/aromatic N) is 4. The Morgan fingerprint density at radius 1 is 1.32 bits per heavy atom. The molecule has 0 radical (unpaired) electrons. The number of anilines is 1. The molecule has 25 heavy (non-hydrogen) atoms. The van der Waals surface area contributed by atoms with Crippen LogP contribution in [0.15, 0.2) is 30.3 Å². The third-order valence-corrected chi connectivity index (χ3v) is 5.94. The molecule has 0 bridgehead atoms. The molecule has 2 saturated heterocycles. The van der Waals surface area contributed by atoms with Crippen LogP contribution >= 0.6 is 11.8 Å². The van der Waals surface area contributed by atoms with E-state index in [9.17, 15) is 9.59 Å². The van der Waals surface area contributed by atoms with Gasteiger partial charge in [0, 0.05) is 10.4 Å². The average molecular weight is 359 g/mol. The molecule has 130 valence electrons. The predicted molar refractivity (Wildman–Crippen MR) is 91.6 cm³/mol. The molecule has 10 heteroatoms. The number of tetrazole rings is 1. The molecule has 3 amide bonds. The summed E-state index contributed by atoms with van der Waals surface area (Å²) in [5.74, 6) is 0.349. The normalized spacial score (nSPS) is 26.7. The number of para-hydroxylation sites is 1. The Bertz CT molecular complexity index is 795. The Morgan fingerprint density at radius 3 is 2.76 bits per heavy atom. The van der Waals surface area contributed by atoms with E-state index >= 15 is 0 Å². The summed E-state index contributed by atoms with van der Waals surface area (Å²) in [5.41, 5.74) is 0.674. The highest BCUT2D eigenvalue weighted by Crippen LogP contribution is 2.56. The minimum atomic E-state index is -0.565. The molecular formula is C15H17N7O2S. The van der Waals surface area contributed by atoms with E-state index in [4.69, 9.17) is 0 Å². The van der Waals surface area contributed by atoms with Gasteiger partial charge in [-0.2, -0.15) is 5.21 Å². The van der Waals surface area contributed by atoms with E-state index in [0.29, 0.717) is 11.5 Å². The molecule has 2 unspecified atom stereocenters. The quantitative estimate of drug-likeness (QED) is 0.708. The Kier molecular flexibility index (Phi) is 3.64. The fourth-order valence-corrected chi connectivity index (χ4v) is 4.91. The van der Waals surface area contributed by atoms with Crippen molar-refractivity contribution in [3.8, 4) is 0 Å². The number of hydrogen-bond donors (Lipinski definition) is 3. The molecule has 2 aliphatic rings. The first kappa shape index (κ1) is 15.9. The van der Waals surface area contributed by atoms with Crippen molar-refractivity contribution in [2.45, 2.75) is 36.1 Å². The van der Waals surface area contributed by atoms with E-state index in [1.165, 1.54) is 0 Å². The molecular weight excluding hydrogens is 342 g/mol. The second kappa shape index (κ2) is 5.73. The van der Waals surface area contributed by atoms with Crippen molar-refractivity contribution in [3.63, 3.8) is 0 Å². The van der Waals surface area contributed by atoms with Gasteiger partial charge in [-0.1, -0.05) is 23.4 Å². The van der Waals surface area contributed by atoms with Crippen LogP contribution in [-0.2, 0) is 4.79 Å². The lowest BCUT2D eigenvalue weighted by atomic mass is 9.95. The van der Waals surface area contributed by atoms with Crippen LogP contribution in [0.2, 0.25) is 0 Å². The highest BCUT2D eigenvalue weighted by atomic mass is 32.2. The standard InChI is InChI=1S/C15H17N7O2S/c1-15(2)10(11-18-20-21-19-11)22-12(23)9(13(22)25-15)17-14(24)16-8-6-4-3-5-7-8/h3-7,9-10,13H,1-2H3,(H2,16,17,24)(H,18,19,20,21)/t9?,10?,13-/m0/s1. The number of urea groups is 1. The zero-order valence-electron chi connectivity index (χ0n) is 13.6. The lowest BCUT2D eigenvalue weighted by Gasteiger charge is -2.43. The highest BCUT2D eigenvalue weighted by Gasteiger charge is 2.63. The summed E-state index contributed by atoms with van der Waals surface area (Å²) in [4.78, 5) is 26.5. The van der Waals surface area contributed by atoms with Gasteiger partial charge in [0.05, 0.1) is 0 Å². The summed E-state index contributed by atoms with van der Waals surface area (Å²) in [6.07, 6.45) is 0. The SMILES string of the molecule is CC1(C)S[C@H]2C(NC(=O)Nc3ccccc3)C(=O)N2C1c1nn[nH]n1. The number of benzene rings is 1. The van der Waals surface area contributed by atoms with Crippen molar-refractivity contribution in [3.05, 3.63) is 36.2 Å². The minimum Gasteiger partial charge on any atom is -0.323 e. The van der Waals surface area contributed by atoms with Gasteiger partial charge in [0.2, 0.25) is 5.91 Å². The average Bonchev–Trinajstić information content (AvgIpc) is 3.18. The van der Waals surface area contributed by atoms with Crippen LogP contribution in [0.4, 0.5) is 10.5 Å². The summed E-state index contributed by atoms with van der Waals surface area (Å²) >= 11 is 1.63. The maximum Gasteiger partial charge on any atom is 0.319 e. The number of hydrogen-bond acceptors (Lipinski definition) is 6. The van der Waals surface area contributed by atoms with E-state index in [1.54, 1.807) is 28.8 Å². The zero-order chi connectivity index (χ0) is 17.6. The summed E-state index contributed by atoms with van der Waals surface area (Å²) in [5, 5.41) is 19.4. The first-order valence-corrected chi connectivity index (χ1v) is 8.71. The topological polar surface area (TPSA) is 116 Å². The number of H-pyrrole nitrogens is 1. The fourth-order valence-electron chi connectivity index (χ4n) is 3.28. The Labute approximate surface area is 147 Å². The van der Waals surface area contributed by atoms with Crippen molar-refractivity contribution >= 4 is 29.4 Å². The number of aromatic nitrogens is 4. The summed E-state index contributed by atoms with van der Waals surface area (Å²) < 4.78 is -0.281. The third-order valence-electron chi connectivity index (χ3n) is 4.37. The molecule has 1 aromatic carbocycles. The molecule has 0 aliphatic carbocycles. The predicted octanol–water partition coefficient (Wildman–Crippen LogP) is 1.12.